The summed E-state index contributed by atoms with van der Waals surface area (Å²) in [4.78, 5) is 12.4. The Morgan fingerprint density at radius 2 is 1.79 bits per heavy atom. The largest absolute Gasteiger partial charge is 0.497 e. The lowest BCUT2D eigenvalue weighted by atomic mass is 10.0. The van der Waals surface area contributed by atoms with Crippen molar-refractivity contribution in [2.45, 2.75) is 12.8 Å². The SMILES string of the molecule is COc1ccc(N(CC(=O)NC[C@H](C)c2ccccc2)S(C)(=O)=O)c(OC)c1. The summed E-state index contributed by atoms with van der Waals surface area (Å²) in [7, 11) is -0.769. The van der Waals surface area contributed by atoms with E-state index in [0.29, 0.717) is 18.0 Å². The van der Waals surface area contributed by atoms with Crippen LogP contribution in [0.1, 0.15) is 18.4 Å². The lowest BCUT2D eigenvalue weighted by Gasteiger charge is -2.24. The Kier molecular flexibility index (Phi) is 7.28. The van der Waals surface area contributed by atoms with Gasteiger partial charge in [-0.05, 0) is 23.6 Å². The van der Waals surface area contributed by atoms with Gasteiger partial charge in [0, 0.05) is 12.6 Å². The Morgan fingerprint density at radius 3 is 2.36 bits per heavy atom. The van der Waals surface area contributed by atoms with Gasteiger partial charge < -0.3 is 14.8 Å². The molecule has 1 N–H and O–H groups in total. The molecule has 0 aromatic heterocycles. The minimum atomic E-state index is -3.70. The molecule has 1 amide bonds. The molecule has 0 aliphatic carbocycles. The van der Waals surface area contributed by atoms with Gasteiger partial charge in [0.25, 0.3) is 0 Å². The van der Waals surface area contributed by atoms with Crippen LogP contribution in [0, 0.1) is 0 Å². The fraction of sp³-hybridized carbons (Fsp3) is 0.350. The van der Waals surface area contributed by atoms with Gasteiger partial charge in [0.1, 0.15) is 18.0 Å². The minimum absolute atomic E-state index is 0.104. The summed E-state index contributed by atoms with van der Waals surface area (Å²) in [5.74, 6) is 0.531. The van der Waals surface area contributed by atoms with Crippen molar-refractivity contribution in [3.63, 3.8) is 0 Å². The maximum Gasteiger partial charge on any atom is 0.240 e. The molecule has 2 rings (SSSR count). The number of benzene rings is 2. The number of amides is 1. The molecule has 0 aliphatic heterocycles. The van der Waals surface area contributed by atoms with Crippen molar-refractivity contribution < 1.29 is 22.7 Å². The van der Waals surface area contributed by atoms with Crippen LogP contribution in [-0.2, 0) is 14.8 Å². The highest BCUT2D eigenvalue weighted by Gasteiger charge is 2.24. The molecule has 0 heterocycles. The van der Waals surface area contributed by atoms with Gasteiger partial charge in [-0.15, -0.1) is 0 Å². The molecule has 0 saturated carbocycles. The highest BCUT2D eigenvalue weighted by atomic mass is 32.2. The zero-order valence-electron chi connectivity index (χ0n) is 16.5. The van der Waals surface area contributed by atoms with Crippen LogP contribution >= 0.6 is 0 Å². The van der Waals surface area contributed by atoms with Crippen molar-refractivity contribution in [1.82, 2.24) is 5.32 Å². The molecule has 0 saturated heterocycles. The molecule has 0 fully saturated rings. The first-order valence-corrected chi connectivity index (χ1v) is 10.6. The molecular formula is C20H26N2O5S. The summed E-state index contributed by atoms with van der Waals surface area (Å²) in [5.41, 5.74) is 1.37. The first-order valence-electron chi connectivity index (χ1n) is 8.77. The lowest BCUT2D eigenvalue weighted by Crippen LogP contribution is -2.41. The fourth-order valence-corrected chi connectivity index (χ4v) is 3.58. The molecule has 2 aromatic rings. The van der Waals surface area contributed by atoms with Crippen molar-refractivity contribution in [3.8, 4) is 11.5 Å². The summed E-state index contributed by atoms with van der Waals surface area (Å²) >= 11 is 0. The average Bonchev–Trinajstić information content (AvgIpc) is 2.69. The number of carbonyl (C=O) groups excluding carboxylic acids is 1. The minimum Gasteiger partial charge on any atom is -0.497 e. The van der Waals surface area contributed by atoms with E-state index in [-0.39, 0.29) is 18.2 Å². The highest BCUT2D eigenvalue weighted by molar-refractivity contribution is 7.92. The van der Waals surface area contributed by atoms with Crippen molar-refractivity contribution >= 4 is 21.6 Å². The van der Waals surface area contributed by atoms with Crippen LogP contribution < -0.4 is 19.1 Å². The van der Waals surface area contributed by atoms with E-state index in [9.17, 15) is 13.2 Å². The predicted octanol–water partition coefficient (Wildman–Crippen LogP) is 2.39. The van der Waals surface area contributed by atoms with E-state index in [4.69, 9.17) is 9.47 Å². The normalized spacial score (nSPS) is 12.1. The van der Waals surface area contributed by atoms with Gasteiger partial charge in [-0.2, -0.15) is 0 Å². The summed E-state index contributed by atoms with van der Waals surface area (Å²) in [6.45, 7) is 2.06. The van der Waals surface area contributed by atoms with Gasteiger partial charge in [0.05, 0.1) is 26.2 Å². The number of ether oxygens (including phenoxy) is 2. The Balaban J connectivity index is 2.14. The van der Waals surface area contributed by atoms with E-state index in [0.717, 1.165) is 16.1 Å². The van der Waals surface area contributed by atoms with E-state index in [1.54, 1.807) is 18.2 Å². The molecule has 8 heteroatoms. The van der Waals surface area contributed by atoms with Crippen LogP contribution in [0.5, 0.6) is 11.5 Å². The number of hydrogen-bond donors (Lipinski definition) is 1. The molecule has 0 aliphatic rings. The van der Waals surface area contributed by atoms with Crippen molar-refractivity contribution in [1.29, 1.82) is 0 Å². The Morgan fingerprint density at radius 1 is 1.11 bits per heavy atom. The summed E-state index contributed by atoms with van der Waals surface area (Å²) < 4.78 is 36.1. The van der Waals surface area contributed by atoms with Crippen molar-refractivity contribution in [2.24, 2.45) is 0 Å². The highest BCUT2D eigenvalue weighted by Crippen LogP contribution is 2.33. The van der Waals surface area contributed by atoms with Crippen molar-refractivity contribution in [3.05, 3.63) is 54.1 Å². The standard InChI is InChI=1S/C20H26N2O5S/c1-15(16-8-6-5-7-9-16)13-21-20(23)14-22(28(4,24)25)18-11-10-17(26-2)12-19(18)27-3/h5-12,15H,13-14H2,1-4H3,(H,21,23)/t15-/m0/s1. The van der Waals surface area contributed by atoms with Crippen LogP contribution in [0.4, 0.5) is 5.69 Å². The number of nitrogens with one attached hydrogen (secondary N) is 1. The van der Waals surface area contributed by atoms with Gasteiger partial charge in [-0.3, -0.25) is 9.10 Å². The maximum atomic E-state index is 12.4. The first-order chi connectivity index (χ1) is 13.3. The predicted molar refractivity (Wildman–Crippen MR) is 110 cm³/mol. The van der Waals surface area contributed by atoms with E-state index >= 15 is 0 Å². The number of hydrogen-bond acceptors (Lipinski definition) is 5. The molecule has 7 nitrogen and oxygen atoms in total. The summed E-state index contributed by atoms with van der Waals surface area (Å²) in [6.07, 6.45) is 1.05. The molecule has 0 bridgehead atoms. The zero-order chi connectivity index (χ0) is 20.7. The van der Waals surface area contributed by atoms with E-state index in [1.807, 2.05) is 37.3 Å². The first kappa shape index (κ1) is 21.6. The fourth-order valence-electron chi connectivity index (χ4n) is 2.72. The van der Waals surface area contributed by atoms with Crippen molar-refractivity contribution in [2.75, 3.05) is 37.9 Å². The molecular weight excluding hydrogens is 380 g/mol. The monoisotopic (exact) mass is 406 g/mol. The van der Waals surface area contributed by atoms with Crippen LogP contribution in [0.3, 0.4) is 0 Å². The summed E-state index contributed by atoms with van der Waals surface area (Å²) in [5, 5.41) is 2.80. The quantitative estimate of drug-likeness (QED) is 0.691. The third-order valence-corrected chi connectivity index (χ3v) is 5.44. The van der Waals surface area contributed by atoms with E-state index in [2.05, 4.69) is 5.32 Å². The Hall–Kier alpha value is -2.74. The van der Waals surface area contributed by atoms with E-state index in [1.165, 1.54) is 14.2 Å². The molecule has 152 valence electrons. The topological polar surface area (TPSA) is 84.9 Å². The van der Waals surface area contributed by atoms with Gasteiger partial charge in [-0.1, -0.05) is 37.3 Å². The second kappa shape index (κ2) is 9.45. The second-order valence-corrected chi connectivity index (χ2v) is 8.33. The number of anilines is 1. The number of nitrogens with zero attached hydrogens (tertiary/aromatic N) is 1. The molecule has 0 unspecified atom stereocenters. The Labute approximate surface area is 166 Å². The molecule has 0 spiro atoms. The molecule has 28 heavy (non-hydrogen) atoms. The zero-order valence-corrected chi connectivity index (χ0v) is 17.3. The van der Waals surface area contributed by atoms with Gasteiger partial charge >= 0.3 is 0 Å². The lowest BCUT2D eigenvalue weighted by molar-refractivity contribution is -0.119. The smallest absolute Gasteiger partial charge is 0.240 e. The van der Waals surface area contributed by atoms with E-state index < -0.39 is 15.9 Å². The number of methoxy groups -OCH3 is 2. The van der Waals surface area contributed by atoms with Gasteiger partial charge in [0.2, 0.25) is 15.9 Å². The number of carbonyl (C=O) groups is 1. The van der Waals surface area contributed by atoms with Crippen LogP contribution in [0.2, 0.25) is 0 Å². The summed E-state index contributed by atoms with van der Waals surface area (Å²) in [6, 6.07) is 14.5. The average molecular weight is 407 g/mol. The molecule has 0 radical (unpaired) electrons. The van der Waals surface area contributed by atoms with Crippen LogP contribution in [0.15, 0.2) is 48.5 Å². The number of rotatable bonds is 9. The number of sulfonamides is 1. The maximum absolute atomic E-state index is 12.4. The van der Waals surface area contributed by atoms with Gasteiger partial charge in [0.15, 0.2) is 0 Å². The second-order valence-electron chi connectivity index (χ2n) is 6.42. The van der Waals surface area contributed by atoms with Gasteiger partial charge in [-0.25, -0.2) is 8.42 Å². The Bertz CT molecular complexity index is 900. The molecule has 2 aromatic carbocycles. The van der Waals surface area contributed by atoms with Crippen LogP contribution in [0.25, 0.3) is 0 Å². The van der Waals surface area contributed by atoms with Crippen LogP contribution in [-0.4, -0.2) is 47.9 Å². The third-order valence-electron chi connectivity index (χ3n) is 4.32. The third kappa shape index (κ3) is 5.63. The molecule has 1 atom stereocenters.